The summed E-state index contributed by atoms with van der Waals surface area (Å²) >= 11 is 11.8. The minimum absolute atomic E-state index is 0.109. The molecule has 2 aromatic rings. The number of likely N-dealkylation sites (N-methyl/N-ethyl adjacent to an activating group) is 1. The van der Waals surface area contributed by atoms with Crippen molar-refractivity contribution in [1.29, 1.82) is 0 Å². The van der Waals surface area contributed by atoms with Gasteiger partial charge in [-0.25, -0.2) is 0 Å². The van der Waals surface area contributed by atoms with Crippen molar-refractivity contribution in [3.8, 4) is 17.2 Å². The Kier molecular flexibility index (Phi) is 5.02. The highest BCUT2D eigenvalue weighted by Gasteiger charge is 2.16. The second-order valence-electron chi connectivity index (χ2n) is 5.30. The molecular weight excluding hydrogens is 353 g/mol. The van der Waals surface area contributed by atoms with Crippen molar-refractivity contribution in [2.75, 3.05) is 20.4 Å². The molecule has 7 heteroatoms. The van der Waals surface area contributed by atoms with Crippen LogP contribution < -0.4 is 14.2 Å². The molecule has 0 radical (unpaired) electrons. The van der Waals surface area contributed by atoms with E-state index in [2.05, 4.69) is 0 Å². The Morgan fingerprint density at radius 3 is 2.75 bits per heavy atom. The summed E-state index contributed by atoms with van der Waals surface area (Å²) in [7, 11) is 1.71. The molecule has 3 rings (SSSR count). The molecule has 0 aromatic heterocycles. The topological polar surface area (TPSA) is 48.0 Å². The Labute approximate surface area is 149 Å². The number of fused-ring (bicyclic) bond motifs is 1. The Morgan fingerprint density at radius 1 is 1.17 bits per heavy atom. The van der Waals surface area contributed by atoms with Crippen molar-refractivity contribution in [2.24, 2.45) is 0 Å². The van der Waals surface area contributed by atoms with Gasteiger partial charge in [-0.3, -0.25) is 4.79 Å². The number of ether oxygens (including phenoxy) is 3. The number of amides is 1. The molecule has 0 aliphatic carbocycles. The first-order valence-corrected chi connectivity index (χ1v) is 7.99. The summed E-state index contributed by atoms with van der Waals surface area (Å²) in [6.45, 7) is 0.554. The second-order valence-corrected chi connectivity index (χ2v) is 6.14. The lowest BCUT2D eigenvalue weighted by atomic mass is 10.2. The molecule has 0 unspecified atom stereocenters. The van der Waals surface area contributed by atoms with Crippen LogP contribution >= 0.6 is 23.2 Å². The maximum atomic E-state index is 12.2. The lowest BCUT2D eigenvalue weighted by molar-refractivity contribution is -0.132. The monoisotopic (exact) mass is 367 g/mol. The zero-order valence-electron chi connectivity index (χ0n) is 12.9. The first-order chi connectivity index (χ1) is 11.5. The molecule has 126 valence electrons. The molecule has 0 atom stereocenters. The van der Waals surface area contributed by atoms with Crippen molar-refractivity contribution in [3.63, 3.8) is 0 Å². The van der Waals surface area contributed by atoms with Crippen LogP contribution in [0.4, 0.5) is 0 Å². The van der Waals surface area contributed by atoms with Gasteiger partial charge >= 0.3 is 0 Å². The SMILES string of the molecule is CN(Cc1ccc2c(c1)OCO2)C(=O)COc1ccc(Cl)cc1Cl. The molecule has 0 N–H and O–H groups in total. The first-order valence-electron chi connectivity index (χ1n) is 7.23. The van der Waals surface area contributed by atoms with E-state index in [4.69, 9.17) is 37.4 Å². The van der Waals surface area contributed by atoms with Gasteiger partial charge < -0.3 is 19.1 Å². The normalized spacial score (nSPS) is 12.1. The van der Waals surface area contributed by atoms with E-state index in [-0.39, 0.29) is 19.3 Å². The van der Waals surface area contributed by atoms with Crippen LogP contribution in [-0.4, -0.2) is 31.3 Å². The number of nitrogens with zero attached hydrogens (tertiary/aromatic N) is 1. The van der Waals surface area contributed by atoms with Crippen LogP contribution in [0, 0.1) is 0 Å². The molecule has 0 saturated heterocycles. The molecule has 2 aromatic carbocycles. The number of halogens is 2. The third-order valence-electron chi connectivity index (χ3n) is 3.53. The third-order valence-corrected chi connectivity index (χ3v) is 4.06. The van der Waals surface area contributed by atoms with Gasteiger partial charge in [0, 0.05) is 18.6 Å². The van der Waals surface area contributed by atoms with Crippen LogP contribution in [0.1, 0.15) is 5.56 Å². The molecule has 0 bridgehead atoms. The predicted molar refractivity (Wildman–Crippen MR) is 91.0 cm³/mol. The summed E-state index contributed by atoms with van der Waals surface area (Å²) < 4.78 is 16.1. The number of hydrogen-bond donors (Lipinski definition) is 0. The van der Waals surface area contributed by atoms with Gasteiger partial charge in [-0.1, -0.05) is 29.3 Å². The summed E-state index contributed by atoms with van der Waals surface area (Å²) in [6.07, 6.45) is 0. The van der Waals surface area contributed by atoms with Crippen LogP contribution in [0.25, 0.3) is 0 Å². The van der Waals surface area contributed by atoms with Crippen molar-refractivity contribution >= 4 is 29.1 Å². The van der Waals surface area contributed by atoms with Gasteiger partial charge in [-0.15, -0.1) is 0 Å². The molecule has 1 heterocycles. The van der Waals surface area contributed by atoms with Gasteiger partial charge in [0.25, 0.3) is 5.91 Å². The lowest BCUT2D eigenvalue weighted by Gasteiger charge is -2.18. The zero-order chi connectivity index (χ0) is 17.1. The third kappa shape index (κ3) is 3.86. The van der Waals surface area contributed by atoms with E-state index in [1.807, 2.05) is 18.2 Å². The number of hydrogen-bond acceptors (Lipinski definition) is 4. The number of carbonyl (C=O) groups excluding carboxylic acids is 1. The van der Waals surface area contributed by atoms with E-state index in [1.54, 1.807) is 30.1 Å². The highest BCUT2D eigenvalue weighted by atomic mass is 35.5. The van der Waals surface area contributed by atoms with Crippen LogP contribution in [0.15, 0.2) is 36.4 Å². The van der Waals surface area contributed by atoms with Gasteiger partial charge in [0.15, 0.2) is 18.1 Å². The van der Waals surface area contributed by atoms with E-state index < -0.39 is 0 Å². The fourth-order valence-electron chi connectivity index (χ4n) is 2.24. The smallest absolute Gasteiger partial charge is 0.260 e. The van der Waals surface area contributed by atoms with E-state index in [1.165, 1.54) is 0 Å². The Balaban J connectivity index is 1.56. The highest BCUT2D eigenvalue weighted by Crippen LogP contribution is 2.32. The van der Waals surface area contributed by atoms with Crippen LogP contribution in [0.5, 0.6) is 17.2 Å². The summed E-state index contributed by atoms with van der Waals surface area (Å²) in [5.41, 5.74) is 0.944. The number of benzene rings is 2. The zero-order valence-corrected chi connectivity index (χ0v) is 14.4. The van der Waals surface area contributed by atoms with Crippen molar-refractivity contribution < 1.29 is 19.0 Å². The van der Waals surface area contributed by atoms with Gasteiger partial charge in [0.1, 0.15) is 5.75 Å². The summed E-state index contributed by atoms with van der Waals surface area (Å²) in [6, 6.07) is 10.5. The van der Waals surface area contributed by atoms with Gasteiger partial charge in [0.2, 0.25) is 6.79 Å². The lowest BCUT2D eigenvalue weighted by Crippen LogP contribution is -2.31. The summed E-state index contributed by atoms with van der Waals surface area (Å²) in [4.78, 5) is 13.8. The van der Waals surface area contributed by atoms with Gasteiger partial charge in [-0.2, -0.15) is 0 Å². The van der Waals surface area contributed by atoms with Crippen LogP contribution in [0.2, 0.25) is 10.0 Å². The number of rotatable bonds is 5. The van der Waals surface area contributed by atoms with Crippen LogP contribution in [0.3, 0.4) is 0 Å². The summed E-state index contributed by atoms with van der Waals surface area (Å²) in [5.74, 6) is 1.66. The van der Waals surface area contributed by atoms with Crippen molar-refractivity contribution in [3.05, 3.63) is 52.0 Å². The van der Waals surface area contributed by atoms with E-state index in [0.29, 0.717) is 33.8 Å². The molecule has 1 aliphatic rings. The van der Waals surface area contributed by atoms with E-state index in [9.17, 15) is 4.79 Å². The van der Waals surface area contributed by atoms with E-state index in [0.717, 1.165) is 5.56 Å². The maximum Gasteiger partial charge on any atom is 0.260 e. The Hall–Kier alpha value is -2.11. The second kappa shape index (κ2) is 7.20. The molecule has 1 aliphatic heterocycles. The molecule has 5 nitrogen and oxygen atoms in total. The largest absolute Gasteiger partial charge is 0.482 e. The molecule has 24 heavy (non-hydrogen) atoms. The average molecular weight is 368 g/mol. The average Bonchev–Trinajstić information content (AvgIpc) is 3.01. The van der Waals surface area contributed by atoms with Crippen molar-refractivity contribution in [1.82, 2.24) is 4.90 Å². The fourth-order valence-corrected chi connectivity index (χ4v) is 2.71. The fraction of sp³-hybridized carbons (Fsp3) is 0.235. The summed E-state index contributed by atoms with van der Waals surface area (Å²) in [5, 5.41) is 0.882. The number of carbonyl (C=O) groups is 1. The predicted octanol–water partition coefficient (Wildman–Crippen LogP) is 3.76. The molecular formula is C17H15Cl2NO4. The van der Waals surface area contributed by atoms with Crippen LogP contribution in [-0.2, 0) is 11.3 Å². The highest BCUT2D eigenvalue weighted by molar-refractivity contribution is 6.35. The molecule has 0 fully saturated rings. The molecule has 0 spiro atoms. The standard InChI is InChI=1S/C17H15Cl2NO4/c1-20(8-11-2-4-15-16(6-11)24-10-23-15)17(21)9-22-14-5-3-12(18)7-13(14)19/h2-7H,8-10H2,1H3. The maximum absolute atomic E-state index is 12.2. The van der Waals surface area contributed by atoms with Gasteiger partial charge in [-0.05, 0) is 35.9 Å². The van der Waals surface area contributed by atoms with Crippen molar-refractivity contribution in [2.45, 2.75) is 6.54 Å². The molecule has 1 amide bonds. The van der Waals surface area contributed by atoms with E-state index >= 15 is 0 Å². The minimum Gasteiger partial charge on any atom is -0.482 e. The quantitative estimate of drug-likeness (QED) is 0.807. The molecule has 0 saturated carbocycles. The minimum atomic E-state index is -0.168. The van der Waals surface area contributed by atoms with Gasteiger partial charge in [0.05, 0.1) is 5.02 Å². The first kappa shape index (κ1) is 16.7. The Morgan fingerprint density at radius 2 is 1.96 bits per heavy atom. The Bertz CT molecular complexity index is 766.